The van der Waals surface area contributed by atoms with Crippen molar-refractivity contribution in [2.75, 3.05) is 5.32 Å². The van der Waals surface area contributed by atoms with Gasteiger partial charge in [0.25, 0.3) is 5.91 Å². The molecule has 26 heavy (non-hydrogen) atoms. The van der Waals surface area contributed by atoms with Gasteiger partial charge in [0.2, 0.25) is 0 Å². The number of nitrogens with one attached hydrogen (secondary N) is 1. The summed E-state index contributed by atoms with van der Waals surface area (Å²) in [5, 5.41) is 7.56. The Kier molecular flexibility index (Phi) is 4.99. The van der Waals surface area contributed by atoms with Crippen LogP contribution in [0.1, 0.15) is 52.7 Å². The second-order valence-electron chi connectivity index (χ2n) is 6.28. The van der Waals surface area contributed by atoms with Crippen molar-refractivity contribution in [2.24, 2.45) is 0 Å². The minimum atomic E-state index is -0.289. The molecule has 1 amide bonds. The highest BCUT2D eigenvalue weighted by atomic mass is 32.1. The number of aryl methyl sites for hydroxylation is 1. The van der Waals surface area contributed by atoms with Crippen LogP contribution in [-0.2, 0) is 0 Å². The lowest BCUT2D eigenvalue weighted by atomic mass is 10.1. The Bertz CT molecular complexity index is 957. The number of Topliss-reactive ketones (excluding diaryl/α,β-unsaturated/α-hetero) is 1. The number of carbonyl (C=O) groups is 2. The number of rotatable bonds is 5. The Morgan fingerprint density at radius 2 is 1.88 bits per heavy atom. The fourth-order valence-electron chi connectivity index (χ4n) is 2.64. The van der Waals surface area contributed by atoms with E-state index in [2.05, 4.69) is 15.4 Å². The van der Waals surface area contributed by atoms with Crippen LogP contribution >= 0.6 is 11.3 Å². The van der Waals surface area contributed by atoms with E-state index in [1.807, 2.05) is 51.1 Å². The van der Waals surface area contributed by atoms with Crippen LogP contribution in [0.4, 0.5) is 5.13 Å². The van der Waals surface area contributed by atoms with Crippen LogP contribution < -0.4 is 5.32 Å². The first-order valence-corrected chi connectivity index (χ1v) is 9.13. The molecule has 0 aliphatic heterocycles. The van der Waals surface area contributed by atoms with Crippen LogP contribution in [0, 0.1) is 6.92 Å². The Balaban J connectivity index is 1.94. The smallest absolute Gasteiger partial charge is 0.275 e. The Morgan fingerprint density at radius 1 is 1.19 bits per heavy atom. The fourth-order valence-corrected chi connectivity index (χ4v) is 3.52. The number of nitrogens with zero attached hydrogens (tertiary/aromatic N) is 3. The number of thiazole rings is 1. The van der Waals surface area contributed by atoms with Crippen molar-refractivity contribution in [3.63, 3.8) is 0 Å². The molecule has 0 atom stereocenters. The molecule has 3 rings (SSSR count). The average Bonchev–Trinajstić information content (AvgIpc) is 3.19. The molecule has 0 fully saturated rings. The summed E-state index contributed by atoms with van der Waals surface area (Å²) in [5.74, 6) is -0.368. The molecule has 1 aromatic carbocycles. The van der Waals surface area contributed by atoms with Crippen molar-refractivity contribution in [2.45, 2.75) is 33.7 Å². The van der Waals surface area contributed by atoms with Gasteiger partial charge in [0.05, 0.1) is 16.3 Å². The van der Waals surface area contributed by atoms with Crippen molar-refractivity contribution in [1.82, 2.24) is 14.8 Å². The van der Waals surface area contributed by atoms with Gasteiger partial charge in [-0.25, -0.2) is 4.98 Å². The maximum atomic E-state index is 12.7. The summed E-state index contributed by atoms with van der Waals surface area (Å²) in [7, 11) is 0. The van der Waals surface area contributed by atoms with E-state index in [0.717, 1.165) is 11.3 Å². The fraction of sp³-hybridized carbons (Fsp3) is 0.263. The predicted molar refractivity (Wildman–Crippen MR) is 103 cm³/mol. The van der Waals surface area contributed by atoms with E-state index in [4.69, 9.17) is 0 Å². The number of hydrogen-bond donors (Lipinski definition) is 1. The standard InChI is InChI=1S/C19H20N4O2S/c1-11(2)23-15(10-12(3)22-23)18(25)21-19-20-16(17(26-19)13(4)24)14-8-6-5-7-9-14/h5-11H,1-4H3,(H,20,21,25). The van der Waals surface area contributed by atoms with Crippen LogP contribution in [0.15, 0.2) is 36.4 Å². The van der Waals surface area contributed by atoms with Gasteiger partial charge in [0, 0.05) is 18.5 Å². The molecular formula is C19H20N4O2S. The highest BCUT2D eigenvalue weighted by molar-refractivity contribution is 7.18. The molecule has 0 aliphatic carbocycles. The average molecular weight is 368 g/mol. The maximum absolute atomic E-state index is 12.7. The molecule has 3 aromatic rings. The molecule has 2 heterocycles. The lowest BCUT2D eigenvalue weighted by Gasteiger charge is -2.09. The Hall–Kier alpha value is -2.80. The zero-order valence-electron chi connectivity index (χ0n) is 15.1. The lowest BCUT2D eigenvalue weighted by molar-refractivity contribution is 0.100. The van der Waals surface area contributed by atoms with Gasteiger partial charge in [0.1, 0.15) is 5.69 Å². The monoisotopic (exact) mass is 368 g/mol. The summed E-state index contributed by atoms with van der Waals surface area (Å²) in [4.78, 5) is 29.7. The van der Waals surface area contributed by atoms with Crippen LogP contribution in [0.3, 0.4) is 0 Å². The normalized spacial score (nSPS) is 11.0. The molecule has 0 spiro atoms. The molecule has 2 aromatic heterocycles. The summed E-state index contributed by atoms with van der Waals surface area (Å²) in [6.45, 7) is 7.28. The molecule has 0 saturated heterocycles. The number of aromatic nitrogens is 3. The van der Waals surface area contributed by atoms with Gasteiger partial charge >= 0.3 is 0 Å². The number of benzene rings is 1. The number of amides is 1. The summed E-state index contributed by atoms with van der Waals surface area (Å²) < 4.78 is 1.68. The third-order valence-corrected chi connectivity index (χ3v) is 4.87. The summed E-state index contributed by atoms with van der Waals surface area (Å²) >= 11 is 1.18. The third-order valence-electron chi connectivity index (χ3n) is 3.79. The minimum absolute atomic E-state index is 0.0633. The van der Waals surface area contributed by atoms with Gasteiger partial charge in [-0.05, 0) is 26.8 Å². The molecule has 0 bridgehead atoms. The number of anilines is 1. The van der Waals surface area contributed by atoms with Crippen molar-refractivity contribution in [3.05, 3.63) is 52.7 Å². The highest BCUT2D eigenvalue weighted by Gasteiger charge is 2.21. The molecule has 1 N–H and O–H groups in total. The molecule has 7 heteroatoms. The number of carbonyl (C=O) groups excluding carboxylic acids is 2. The molecule has 134 valence electrons. The summed E-state index contributed by atoms with van der Waals surface area (Å²) in [6, 6.07) is 11.3. The van der Waals surface area contributed by atoms with Gasteiger partial charge in [-0.3, -0.25) is 19.6 Å². The quantitative estimate of drug-likeness (QED) is 0.679. The highest BCUT2D eigenvalue weighted by Crippen LogP contribution is 2.31. The topological polar surface area (TPSA) is 76.9 Å². The van der Waals surface area contributed by atoms with Crippen molar-refractivity contribution in [1.29, 1.82) is 0 Å². The predicted octanol–water partition coefficient (Wildman–Crippen LogP) is 4.35. The summed E-state index contributed by atoms with van der Waals surface area (Å²) in [5.41, 5.74) is 2.68. The first-order chi connectivity index (χ1) is 12.4. The molecular weight excluding hydrogens is 348 g/mol. The lowest BCUT2D eigenvalue weighted by Crippen LogP contribution is -2.18. The largest absolute Gasteiger partial charge is 0.296 e. The number of ketones is 1. The molecule has 0 unspecified atom stereocenters. The van der Waals surface area contributed by atoms with E-state index < -0.39 is 0 Å². The van der Waals surface area contributed by atoms with Crippen LogP contribution in [-0.4, -0.2) is 26.5 Å². The summed E-state index contributed by atoms with van der Waals surface area (Å²) in [6.07, 6.45) is 0. The van der Waals surface area contributed by atoms with E-state index >= 15 is 0 Å². The van der Waals surface area contributed by atoms with E-state index in [-0.39, 0.29) is 17.7 Å². The van der Waals surface area contributed by atoms with Crippen molar-refractivity contribution < 1.29 is 9.59 Å². The van der Waals surface area contributed by atoms with Crippen LogP contribution in [0.5, 0.6) is 0 Å². The Labute approximate surface area is 155 Å². The van der Waals surface area contributed by atoms with E-state index in [9.17, 15) is 9.59 Å². The zero-order chi connectivity index (χ0) is 18.8. The zero-order valence-corrected chi connectivity index (χ0v) is 15.9. The van der Waals surface area contributed by atoms with E-state index in [0.29, 0.717) is 21.4 Å². The minimum Gasteiger partial charge on any atom is -0.296 e. The first kappa shape index (κ1) is 18.0. The van der Waals surface area contributed by atoms with Crippen molar-refractivity contribution >= 4 is 28.2 Å². The molecule has 0 radical (unpaired) electrons. The van der Waals surface area contributed by atoms with Crippen LogP contribution in [0.2, 0.25) is 0 Å². The Morgan fingerprint density at radius 3 is 2.50 bits per heavy atom. The van der Waals surface area contributed by atoms with Gasteiger partial charge < -0.3 is 0 Å². The van der Waals surface area contributed by atoms with Gasteiger partial charge in [-0.15, -0.1) is 0 Å². The van der Waals surface area contributed by atoms with E-state index in [1.165, 1.54) is 18.3 Å². The van der Waals surface area contributed by atoms with Gasteiger partial charge in [-0.1, -0.05) is 41.7 Å². The number of hydrogen-bond acceptors (Lipinski definition) is 5. The van der Waals surface area contributed by atoms with Gasteiger partial charge in [0.15, 0.2) is 10.9 Å². The van der Waals surface area contributed by atoms with Crippen LogP contribution in [0.25, 0.3) is 11.3 Å². The molecule has 0 saturated carbocycles. The second kappa shape index (κ2) is 7.21. The molecule has 6 nitrogen and oxygen atoms in total. The maximum Gasteiger partial charge on any atom is 0.275 e. The SMILES string of the molecule is CC(=O)c1sc(NC(=O)c2cc(C)nn2C(C)C)nc1-c1ccccc1. The molecule has 0 aliphatic rings. The van der Waals surface area contributed by atoms with Gasteiger partial charge in [-0.2, -0.15) is 5.10 Å². The van der Waals surface area contributed by atoms with E-state index in [1.54, 1.807) is 10.7 Å². The van der Waals surface area contributed by atoms with Crippen molar-refractivity contribution in [3.8, 4) is 11.3 Å². The first-order valence-electron chi connectivity index (χ1n) is 8.31. The third kappa shape index (κ3) is 3.57. The second-order valence-corrected chi connectivity index (χ2v) is 7.28.